The zero-order valence-electron chi connectivity index (χ0n) is 27.1. The third kappa shape index (κ3) is 9.06. The molecule has 2 aromatic rings. The third-order valence-corrected chi connectivity index (χ3v) is 7.89. The van der Waals surface area contributed by atoms with Crippen LogP contribution in [0.1, 0.15) is 65.0 Å². The molecule has 0 unspecified atom stereocenters. The second-order valence-corrected chi connectivity index (χ2v) is 12.7. The lowest BCUT2D eigenvalue weighted by Gasteiger charge is -2.29. The summed E-state index contributed by atoms with van der Waals surface area (Å²) in [6, 6.07) is 12.9. The lowest BCUT2D eigenvalue weighted by atomic mass is 9.98. The first-order valence-corrected chi connectivity index (χ1v) is 15.4. The average Bonchev–Trinajstić information content (AvgIpc) is 3.29. The number of carboxylic acids is 1. The first kappa shape index (κ1) is 35.1. The van der Waals surface area contributed by atoms with Crippen LogP contribution in [-0.2, 0) is 23.9 Å². The summed E-state index contributed by atoms with van der Waals surface area (Å²) in [5, 5.41) is 17.2. The van der Waals surface area contributed by atoms with Crippen molar-refractivity contribution in [1.29, 1.82) is 0 Å². The van der Waals surface area contributed by atoms with Gasteiger partial charge in [-0.05, 0) is 46.4 Å². The number of carboxylic acid groups (broad SMARTS) is 1. The summed E-state index contributed by atoms with van der Waals surface area (Å²) < 4.78 is 5.64. The Balaban J connectivity index is 1.64. The largest absolute Gasteiger partial charge is 0.480 e. The van der Waals surface area contributed by atoms with E-state index >= 15 is 0 Å². The molecule has 0 saturated carbocycles. The number of carbonyl (C=O) groups is 5. The highest BCUT2D eigenvalue weighted by Crippen LogP contribution is 2.44. The maximum atomic E-state index is 13.4. The van der Waals surface area contributed by atoms with E-state index in [-0.39, 0.29) is 43.2 Å². The fourth-order valence-corrected chi connectivity index (χ4v) is 5.55. The maximum absolute atomic E-state index is 13.4. The van der Waals surface area contributed by atoms with Gasteiger partial charge in [-0.1, -0.05) is 90.1 Å². The zero-order chi connectivity index (χ0) is 33.4. The van der Waals surface area contributed by atoms with Crippen molar-refractivity contribution in [3.8, 4) is 11.1 Å². The summed E-state index contributed by atoms with van der Waals surface area (Å²) in [7, 11) is 1.42. The minimum absolute atomic E-state index is 0.0198. The van der Waals surface area contributed by atoms with Crippen molar-refractivity contribution in [2.45, 2.75) is 72.0 Å². The van der Waals surface area contributed by atoms with Crippen LogP contribution in [0.2, 0.25) is 0 Å². The van der Waals surface area contributed by atoms with Gasteiger partial charge in [-0.25, -0.2) is 9.59 Å². The maximum Gasteiger partial charge on any atom is 0.407 e. The molecule has 0 heterocycles. The van der Waals surface area contributed by atoms with Gasteiger partial charge >= 0.3 is 12.1 Å². The van der Waals surface area contributed by atoms with Gasteiger partial charge < -0.3 is 30.7 Å². The molecule has 3 atom stereocenters. The molecule has 3 rings (SSSR count). The minimum Gasteiger partial charge on any atom is -0.480 e. The summed E-state index contributed by atoms with van der Waals surface area (Å²) in [6.07, 6.45) is -0.458. The molecule has 0 aromatic heterocycles. The molecule has 0 spiro atoms. The van der Waals surface area contributed by atoms with Crippen molar-refractivity contribution in [3.63, 3.8) is 0 Å². The number of amides is 4. The van der Waals surface area contributed by atoms with Crippen molar-refractivity contribution in [1.82, 2.24) is 20.9 Å². The predicted molar refractivity (Wildman–Crippen MR) is 170 cm³/mol. The number of fused-ring (bicyclic) bond motifs is 3. The van der Waals surface area contributed by atoms with E-state index in [4.69, 9.17) is 4.74 Å². The van der Waals surface area contributed by atoms with Gasteiger partial charge in [0.05, 0.1) is 6.54 Å². The molecule has 1 aliphatic carbocycles. The van der Waals surface area contributed by atoms with Crippen molar-refractivity contribution >= 4 is 29.8 Å². The molecule has 244 valence electrons. The highest BCUT2D eigenvalue weighted by atomic mass is 16.5. The Kier molecular flexibility index (Phi) is 12.1. The number of hydrogen-bond acceptors (Lipinski definition) is 6. The Morgan fingerprint density at radius 2 is 1.33 bits per heavy atom. The van der Waals surface area contributed by atoms with Crippen molar-refractivity contribution < 1.29 is 33.8 Å². The van der Waals surface area contributed by atoms with Gasteiger partial charge in [-0.15, -0.1) is 0 Å². The molecule has 4 amide bonds. The first-order chi connectivity index (χ1) is 21.2. The number of likely N-dealkylation sites (N-methyl/N-ethyl adjacent to an activating group) is 1. The molecule has 0 saturated heterocycles. The normalized spacial score (nSPS) is 14.3. The molecule has 11 nitrogen and oxygen atoms in total. The van der Waals surface area contributed by atoms with Crippen LogP contribution in [-0.4, -0.2) is 78.1 Å². The van der Waals surface area contributed by atoms with Crippen LogP contribution in [0.15, 0.2) is 48.5 Å². The monoisotopic (exact) mass is 622 g/mol. The van der Waals surface area contributed by atoms with Gasteiger partial charge in [0, 0.05) is 13.0 Å². The van der Waals surface area contributed by atoms with Gasteiger partial charge in [0.25, 0.3) is 0 Å². The van der Waals surface area contributed by atoms with E-state index < -0.39 is 47.9 Å². The summed E-state index contributed by atoms with van der Waals surface area (Å²) in [4.78, 5) is 65.0. The standard InChI is InChI=1S/C34H46N4O7/c1-19(2)16-27(32(41)38(7)17-28(39)36-30(21(5)6)33(42)43)35-31(40)29(20(3)4)37-34(44)45-18-26-24-14-10-8-12-22(24)23-13-9-11-15-25(23)26/h8-15,19-21,26-27,29-30H,16-18H2,1-7H3,(H,35,40)(H,36,39)(H,37,44)(H,42,43)/t27-,29-,30-/m0/s1. The third-order valence-electron chi connectivity index (χ3n) is 7.89. The van der Waals surface area contributed by atoms with Crippen LogP contribution >= 0.6 is 0 Å². The molecule has 11 heteroatoms. The molecule has 0 fully saturated rings. The number of aliphatic carboxylic acids is 1. The van der Waals surface area contributed by atoms with E-state index in [1.807, 2.05) is 62.4 Å². The molecule has 1 aliphatic rings. The SMILES string of the molecule is CC(C)C[C@H](NC(=O)[C@@H](NC(=O)OCC1c2ccccc2-c2ccccc21)C(C)C)C(=O)N(C)CC(=O)N[C@H](C(=O)O)C(C)C. The highest BCUT2D eigenvalue weighted by molar-refractivity contribution is 5.93. The number of benzene rings is 2. The topological polar surface area (TPSA) is 154 Å². The van der Waals surface area contributed by atoms with E-state index in [0.29, 0.717) is 0 Å². The fraction of sp³-hybridized carbons (Fsp3) is 0.500. The quantitative estimate of drug-likeness (QED) is 0.250. The minimum atomic E-state index is -1.17. The van der Waals surface area contributed by atoms with E-state index in [2.05, 4.69) is 16.0 Å². The van der Waals surface area contributed by atoms with Gasteiger partial charge in [0.2, 0.25) is 17.7 Å². The van der Waals surface area contributed by atoms with E-state index in [1.165, 1.54) is 7.05 Å². The number of hydrogen-bond donors (Lipinski definition) is 4. The van der Waals surface area contributed by atoms with E-state index in [0.717, 1.165) is 27.2 Å². The van der Waals surface area contributed by atoms with Crippen LogP contribution in [0, 0.1) is 17.8 Å². The number of nitrogens with zero attached hydrogens (tertiary/aromatic N) is 1. The Morgan fingerprint density at radius 3 is 1.82 bits per heavy atom. The predicted octanol–water partition coefficient (Wildman–Crippen LogP) is 3.76. The van der Waals surface area contributed by atoms with Crippen LogP contribution < -0.4 is 16.0 Å². The molecule has 2 aromatic carbocycles. The Morgan fingerprint density at radius 1 is 0.800 bits per heavy atom. The van der Waals surface area contributed by atoms with Gasteiger partial charge in [-0.3, -0.25) is 14.4 Å². The Bertz CT molecular complexity index is 1340. The second-order valence-electron chi connectivity index (χ2n) is 12.7. The molecular formula is C34H46N4O7. The lowest BCUT2D eigenvalue weighted by molar-refractivity contribution is -0.144. The van der Waals surface area contributed by atoms with Crippen LogP contribution in [0.3, 0.4) is 0 Å². The zero-order valence-corrected chi connectivity index (χ0v) is 27.1. The summed E-state index contributed by atoms with van der Waals surface area (Å²) in [5.74, 6) is -3.65. The van der Waals surface area contributed by atoms with Crippen molar-refractivity contribution in [2.75, 3.05) is 20.2 Å². The Hall–Kier alpha value is -4.41. The Labute approximate surface area is 265 Å². The molecule has 45 heavy (non-hydrogen) atoms. The fourth-order valence-electron chi connectivity index (χ4n) is 5.55. The summed E-state index contributed by atoms with van der Waals surface area (Å²) in [5.41, 5.74) is 4.35. The van der Waals surface area contributed by atoms with E-state index in [1.54, 1.807) is 27.7 Å². The molecule has 0 radical (unpaired) electrons. The lowest BCUT2D eigenvalue weighted by Crippen LogP contribution is -2.57. The number of rotatable bonds is 14. The summed E-state index contributed by atoms with van der Waals surface area (Å²) in [6.45, 7) is 10.4. The molecule has 0 aliphatic heterocycles. The van der Waals surface area contributed by atoms with Gasteiger partial charge in [0.1, 0.15) is 24.7 Å². The molecule has 4 N–H and O–H groups in total. The van der Waals surface area contributed by atoms with Gasteiger partial charge in [0.15, 0.2) is 0 Å². The number of carbonyl (C=O) groups excluding carboxylic acids is 4. The number of ether oxygens (including phenoxy) is 1. The smallest absolute Gasteiger partial charge is 0.407 e. The van der Waals surface area contributed by atoms with Crippen LogP contribution in [0.5, 0.6) is 0 Å². The first-order valence-electron chi connectivity index (χ1n) is 15.4. The number of nitrogens with one attached hydrogen (secondary N) is 3. The number of alkyl carbamates (subject to hydrolysis) is 1. The highest BCUT2D eigenvalue weighted by Gasteiger charge is 2.33. The average molecular weight is 623 g/mol. The second kappa shape index (κ2) is 15.5. The molecule has 0 bridgehead atoms. The molecular weight excluding hydrogens is 576 g/mol. The van der Waals surface area contributed by atoms with Crippen molar-refractivity contribution in [2.24, 2.45) is 17.8 Å². The van der Waals surface area contributed by atoms with E-state index in [9.17, 15) is 29.1 Å². The van der Waals surface area contributed by atoms with Crippen LogP contribution in [0.4, 0.5) is 4.79 Å². The summed E-state index contributed by atoms with van der Waals surface area (Å²) >= 11 is 0. The van der Waals surface area contributed by atoms with Gasteiger partial charge in [-0.2, -0.15) is 0 Å². The van der Waals surface area contributed by atoms with Crippen molar-refractivity contribution in [3.05, 3.63) is 59.7 Å². The van der Waals surface area contributed by atoms with Crippen LogP contribution in [0.25, 0.3) is 11.1 Å².